The minimum Gasteiger partial charge on any atom is -0.337 e. The SMILES string of the molecule is CCCc1c(-c2nc3cc(C)ccc3[nH]2)n[nH]c1SC. The fourth-order valence-corrected chi connectivity index (χ4v) is 3.01. The molecule has 2 heterocycles. The van der Waals surface area contributed by atoms with Gasteiger partial charge in [0.15, 0.2) is 5.82 Å². The molecule has 2 N–H and O–H groups in total. The van der Waals surface area contributed by atoms with Gasteiger partial charge in [0.25, 0.3) is 0 Å². The van der Waals surface area contributed by atoms with Gasteiger partial charge in [-0.3, -0.25) is 5.10 Å². The number of benzene rings is 1. The van der Waals surface area contributed by atoms with Crippen molar-refractivity contribution in [3.05, 3.63) is 29.3 Å². The van der Waals surface area contributed by atoms with E-state index in [1.165, 1.54) is 11.1 Å². The first-order valence-corrected chi connectivity index (χ1v) is 8.03. The fraction of sp³-hybridized carbons (Fsp3) is 0.333. The van der Waals surface area contributed by atoms with Crippen molar-refractivity contribution in [2.24, 2.45) is 0 Å². The van der Waals surface area contributed by atoms with E-state index >= 15 is 0 Å². The summed E-state index contributed by atoms with van der Waals surface area (Å²) in [5.74, 6) is 0.852. The number of nitrogens with one attached hydrogen (secondary N) is 2. The minimum absolute atomic E-state index is 0.852. The molecule has 3 aromatic rings. The molecule has 0 spiro atoms. The van der Waals surface area contributed by atoms with Gasteiger partial charge in [0.1, 0.15) is 5.69 Å². The number of aromatic nitrogens is 4. The largest absolute Gasteiger partial charge is 0.337 e. The van der Waals surface area contributed by atoms with E-state index in [-0.39, 0.29) is 0 Å². The average molecular weight is 286 g/mol. The van der Waals surface area contributed by atoms with Crippen LogP contribution < -0.4 is 0 Å². The van der Waals surface area contributed by atoms with E-state index < -0.39 is 0 Å². The zero-order chi connectivity index (χ0) is 14.1. The molecule has 20 heavy (non-hydrogen) atoms. The Morgan fingerprint density at radius 1 is 1.30 bits per heavy atom. The van der Waals surface area contributed by atoms with Crippen LogP contribution in [0.2, 0.25) is 0 Å². The highest BCUT2D eigenvalue weighted by Gasteiger charge is 2.16. The third-order valence-corrected chi connectivity index (χ3v) is 4.14. The van der Waals surface area contributed by atoms with Crippen molar-refractivity contribution >= 4 is 22.8 Å². The first kappa shape index (κ1) is 13.2. The van der Waals surface area contributed by atoms with Crippen molar-refractivity contribution in [3.8, 4) is 11.5 Å². The lowest BCUT2D eigenvalue weighted by atomic mass is 10.1. The van der Waals surface area contributed by atoms with E-state index in [1.807, 2.05) is 0 Å². The Hall–Kier alpha value is -1.75. The molecule has 0 saturated carbocycles. The second-order valence-corrected chi connectivity index (χ2v) is 5.76. The number of fused-ring (bicyclic) bond motifs is 1. The molecule has 0 unspecified atom stereocenters. The lowest BCUT2D eigenvalue weighted by Gasteiger charge is -2.00. The summed E-state index contributed by atoms with van der Waals surface area (Å²) >= 11 is 1.70. The number of thioether (sulfide) groups is 1. The Morgan fingerprint density at radius 3 is 2.90 bits per heavy atom. The molecule has 0 atom stereocenters. The maximum Gasteiger partial charge on any atom is 0.159 e. The van der Waals surface area contributed by atoms with Crippen LogP contribution in [0.25, 0.3) is 22.6 Å². The van der Waals surface area contributed by atoms with E-state index in [2.05, 4.69) is 58.5 Å². The number of H-pyrrole nitrogens is 2. The number of aromatic amines is 2. The van der Waals surface area contributed by atoms with Crippen LogP contribution in [0.1, 0.15) is 24.5 Å². The minimum atomic E-state index is 0.852. The van der Waals surface area contributed by atoms with Crippen LogP contribution in [0.5, 0.6) is 0 Å². The molecule has 3 rings (SSSR count). The summed E-state index contributed by atoms with van der Waals surface area (Å²) in [6.45, 7) is 4.26. The molecular weight excluding hydrogens is 268 g/mol. The maximum atomic E-state index is 4.69. The van der Waals surface area contributed by atoms with Crippen LogP contribution in [0.3, 0.4) is 0 Å². The third-order valence-electron chi connectivity index (χ3n) is 3.40. The van der Waals surface area contributed by atoms with Gasteiger partial charge in [0.05, 0.1) is 16.1 Å². The highest BCUT2D eigenvalue weighted by molar-refractivity contribution is 7.98. The van der Waals surface area contributed by atoms with Crippen molar-refractivity contribution in [2.75, 3.05) is 6.26 Å². The smallest absolute Gasteiger partial charge is 0.159 e. The van der Waals surface area contributed by atoms with Crippen LogP contribution in [0, 0.1) is 6.92 Å². The molecular formula is C15H18N4S. The highest BCUT2D eigenvalue weighted by Crippen LogP contribution is 2.29. The van der Waals surface area contributed by atoms with Crippen LogP contribution in [-0.2, 0) is 6.42 Å². The molecule has 4 nitrogen and oxygen atoms in total. The van der Waals surface area contributed by atoms with E-state index in [9.17, 15) is 0 Å². The molecule has 0 amide bonds. The zero-order valence-electron chi connectivity index (χ0n) is 11.9. The third kappa shape index (κ3) is 2.22. The lowest BCUT2D eigenvalue weighted by molar-refractivity contribution is 0.893. The summed E-state index contributed by atoms with van der Waals surface area (Å²) in [5, 5.41) is 8.71. The number of hydrogen-bond donors (Lipinski definition) is 2. The van der Waals surface area contributed by atoms with Gasteiger partial charge in [0.2, 0.25) is 0 Å². The fourth-order valence-electron chi connectivity index (χ4n) is 2.42. The molecule has 0 aliphatic carbocycles. The molecule has 0 bridgehead atoms. The van der Waals surface area contributed by atoms with Gasteiger partial charge in [0, 0.05) is 5.56 Å². The van der Waals surface area contributed by atoms with Gasteiger partial charge in [-0.15, -0.1) is 11.8 Å². The molecule has 5 heteroatoms. The normalized spacial score (nSPS) is 11.3. The Labute approximate surface area is 122 Å². The molecule has 0 aliphatic heterocycles. The van der Waals surface area contributed by atoms with Crippen LogP contribution in [-0.4, -0.2) is 26.4 Å². The predicted octanol–water partition coefficient (Wildman–Crippen LogP) is 3.94. The van der Waals surface area contributed by atoms with E-state index in [1.54, 1.807) is 11.8 Å². The number of imidazole rings is 1. The second kappa shape index (κ2) is 5.32. The van der Waals surface area contributed by atoms with Crippen molar-refractivity contribution in [1.29, 1.82) is 0 Å². The van der Waals surface area contributed by atoms with Crippen molar-refractivity contribution in [2.45, 2.75) is 31.7 Å². The first-order chi connectivity index (χ1) is 9.72. The summed E-state index contributed by atoms with van der Waals surface area (Å²) in [4.78, 5) is 8.06. The van der Waals surface area contributed by atoms with Gasteiger partial charge in [-0.05, 0) is 37.3 Å². The van der Waals surface area contributed by atoms with Gasteiger partial charge in [-0.25, -0.2) is 4.98 Å². The van der Waals surface area contributed by atoms with Gasteiger partial charge >= 0.3 is 0 Å². The monoisotopic (exact) mass is 286 g/mol. The summed E-state index contributed by atoms with van der Waals surface area (Å²) < 4.78 is 0. The van der Waals surface area contributed by atoms with E-state index in [0.717, 1.165) is 40.4 Å². The Kier molecular flexibility index (Phi) is 3.53. The Morgan fingerprint density at radius 2 is 2.15 bits per heavy atom. The summed E-state index contributed by atoms with van der Waals surface area (Å²) in [6, 6.07) is 6.26. The van der Waals surface area contributed by atoms with Crippen LogP contribution >= 0.6 is 11.8 Å². The van der Waals surface area contributed by atoms with E-state index in [4.69, 9.17) is 0 Å². The molecule has 1 aromatic carbocycles. The molecule has 0 aliphatic rings. The van der Waals surface area contributed by atoms with E-state index in [0.29, 0.717) is 0 Å². The number of aryl methyl sites for hydroxylation is 1. The molecule has 0 fully saturated rings. The quantitative estimate of drug-likeness (QED) is 0.714. The molecule has 2 aromatic heterocycles. The van der Waals surface area contributed by atoms with Crippen molar-refractivity contribution < 1.29 is 0 Å². The topological polar surface area (TPSA) is 57.4 Å². The summed E-state index contributed by atoms with van der Waals surface area (Å²) in [7, 11) is 0. The van der Waals surface area contributed by atoms with Gasteiger partial charge < -0.3 is 4.98 Å². The van der Waals surface area contributed by atoms with Crippen molar-refractivity contribution in [1.82, 2.24) is 20.2 Å². The number of nitrogens with zero attached hydrogens (tertiary/aromatic N) is 2. The van der Waals surface area contributed by atoms with Crippen LogP contribution in [0.15, 0.2) is 23.2 Å². The Balaban J connectivity index is 2.12. The predicted molar refractivity (Wildman–Crippen MR) is 84.2 cm³/mol. The second-order valence-electron chi connectivity index (χ2n) is 4.94. The lowest BCUT2D eigenvalue weighted by Crippen LogP contribution is -1.89. The molecule has 0 saturated heterocycles. The van der Waals surface area contributed by atoms with Crippen LogP contribution in [0.4, 0.5) is 0 Å². The highest BCUT2D eigenvalue weighted by atomic mass is 32.2. The zero-order valence-corrected chi connectivity index (χ0v) is 12.8. The Bertz CT molecular complexity index is 741. The van der Waals surface area contributed by atoms with Gasteiger partial charge in [-0.1, -0.05) is 19.4 Å². The number of rotatable bonds is 4. The molecule has 104 valence electrons. The number of hydrogen-bond acceptors (Lipinski definition) is 3. The maximum absolute atomic E-state index is 4.69. The summed E-state index contributed by atoms with van der Waals surface area (Å²) in [5.41, 5.74) is 5.48. The van der Waals surface area contributed by atoms with Crippen molar-refractivity contribution in [3.63, 3.8) is 0 Å². The molecule has 0 radical (unpaired) electrons. The standard InChI is InChI=1S/C15H18N4S/c1-4-5-10-13(18-19-15(10)20-3)14-16-11-7-6-9(2)8-12(11)17-14/h6-8H,4-5H2,1-3H3,(H,16,17)(H,18,19). The average Bonchev–Trinajstić information content (AvgIpc) is 3.01. The summed E-state index contributed by atoms with van der Waals surface area (Å²) in [6.07, 6.45) is 4.18. The first-order valence-electron chi connectivity index (χ1n) is 6.81. The van der Waals surface area contributed by atoms with Gasteiger partial charge in [-0.2, -0.15) is 5.10 Å².